The zero-order chi connectivity index (χ0) is 31.8. The van der Waals surface area contributed by atoms with Gasteiger partial charge in [0.1, 0.15) is 0 Å². The summed E-state index contributed by atoms with van der Waals surface area (Å²) in [6.45, 7) is 2.47. The van der Waals surface area contributed by atoms with Gasteiger partial charge in [-0.15, -0.1) is 0 Å². The minimum Gasteiger partial charge on any atom is -0.870 e. The fourth-order valence-electron chi connectivity index (χ4n) is 6.22. The molecule has 0 amide bonds. The van der Waals surface area contributed by atoms with Gasteiger partial charge in [-0.05, 0) is 51.7 Å². The molecule has 4 aromatic rings. The predicted molar refractivity (Wildman–Crippen MR) is 179 cm³/mol. The predicted octanol–water partition coefficient (Wildman–Crippen LogP) is 6.08. The van der Waals surface area contributed by atoms with E-state index in [0.717, 1.165) is 38.5 Å². The van der Waals surface area contributed by atoms with Gasteiger partial charge in [0.2, 0.25) is 0 Å². The SMILES string of the molecule is CCC(=CC1Oc2cc3ccccc3cc2[N+]1(CCCS(=O)(=O)O)CCCS(=O)(=O)O)C=C1Nc2cc3ccccc3cc2O1.[OH-]. The Bertz CT molecular complexity index is 1970. The van der Waals surface area contributed by atoms with Crippen LogP contribution in [0.4, 0.5) is 11.4 Å². The zero-order valence-corrected chi connectivity index (χ0v) is 26.8. The molecule has 0 radical (unpaired) electrons. The van der Waals surface area contributed by atoms with Crippen LogP contribution >= 0.6 is 0 Å². The number of hydrogen-bond donors (Lipinski definition) is 3. The molecule has 2 aliphatic rings. The molecule has 0 spiro atoms. The van der Waals surface area contributed by atoms with Crippen molar-refractivity contribution < 1.29 is 40.9 Å². The third-order valence-electron chi connectivity index (χ3n) is 8.37. The Labute approximate surface area is 268 Å². The normalized spacial score (nSPS) is 18.0. The molecule has 0 aromatic heterocycles. The van der Waals surface area contributed by atoms with E-state index in [4.69, 9.17) is 9.47 Å². The van der Waals surface area contributed by atoms with Crippen LogP contribution in [0.25, 0.3) is 21.5 Å². The van der Waals surface area contributed by atoms with Crippen molar-refractivity contribution in [3.05, 3.63) is 96.4 Å². The Balaban J connectivity index is 0.00000417. The molecule has 0 fully saturated rings. The first-order valence-corrected chi connectivity index (χ1v) is 18.0. The fourth-order valence-corrected chi connectivity index (χ4v) is 7.21. The van der Waals surface area contributed by atoms with Crippen molar-refractivity contribution in [2.45, 2.75) is 32.4 Å². The summed E-state index contributed by atoms with van der Waals surface area (Å²) in [4.78, 5) is 0. The highest BCUT2D eigenvalue weighted by Crippen LogP contribution is 2.47. The maximum absolute atomic E-state index is 11.7. The number of allylic oxidation sites excluding steroid dienone is 2. The summed E-state index contributed by atoms with van der Waals surface area (Å²) in [6.07, 6.45) is 4.02. The van der Waals surface area contributed by atoms with E-state index in [1.807, 2.05) is 91.9 Å². The number of ether oxygens (including phenoxy) is 2. The molecule has 0 bridgehead atoms. The van der Waals surface area contributed by atoms with E-state index < -0.39 is 38.0 Å². The van der Waals surface area contributed by atoms with Crippen molar-refractivity contribution >= 4 is 53.2 Å². The van der Waals surface area contributed by atoms with Gasteiger partial charge < -0.3 is 20.3 Å². The Hall–Kier alpha value is -3.98. The highest BCUT2D eigenvalue weighted by molar-refractivity contribution is 7.86. The molecule has 244 valence electrons. The van der Waals surface area contributed by atoms with Gasteiger partial charge in [0.05, 0.1) is 30.3 Å². The van der Waals surface area contributed by atoms with Crippen LogP contribution in [0.5, 0.6) is 11.5 Å². The molecule has 2 heterocycles. The van der Waals surface area contributed by atoms with Crippen LogP contribution in [0.3, 0.4) is 0 Å². The van der Waals surface area contributed by atoms with Gasteiger partial charge in [0.15, 0.2) is 23.1 Å². The third-order valence-corrected chi connectivity index (χ3v) is 9.98. The maximum Gasteiger partial charge on any atom is 0.265 e. The van der Waals surface area contributed by atoms with Crippen LogP contribution in [0.15, 0.2) is 96.4 Å². The van der Waals surface area contributed by atoms with Gasteiger partial charge in [-0.3, -0.25) is 9.11 Å². The van der Waals surface area contributed by atoms with Crippen molar-refractivity contribution in [1.29, 1.82) is 0 Å². The fraction of sp³-hybridized carbons (Fsp3) is 0.273. The summed E-state index contributed by atoms with van der Waals surface area (Å²) in [7, 11) is -8.47. The highest BCUT2D eigenvalue weighted by Gasteiger charge is 2.48. The van der Waals surface area contributed by atoms with Crippen LogP contribution in [0.2, 0.25) is 0 Å². The molecule has 6 rings (SSSR count). The number of benzene rings is 4. The summed E-state index contributed by atoms with van der Waals surface area (Å²) >= 11 is 0. The first kappa shape index (κ1) is 33.4. The van der Waals surface area contributed by atoms with E-state index in [2.05, 4.69) is 5.32 Å². The van der Waals surface area contributed by atoms with Crippen LogP contribution in [-0.2, 0) is 20.2 Å². The quantitative estimate of drug-likeness (QED) is 0.126. The average Bonchev–Trinajstić information content (AvgIpc) is 3.50. The lowest BCUT2D eigenvalue weighted by Crippen LogP contribution is -2.57. The van der Waals surface area contributed by atoms with Crippen LogP contribution in [-0.4, -0.2) is 62.2 Å². The molecule has 1 unspecified atom stereocenters. The molecule has 0 saturated heterocycles. The molecule has 0 aliphatic carbocycles. The Morgan fingerprint density at radius 2 is 1.35 bits per heavy atom. The largest absolute Gasteiger partial charge is 0.870 e. The molecule has 1 atom stereocenters. The standard InChI is InChI=1S/C33H34N2O8S2.H2O/c1-2-23(17-32-34-28-19-24-9-3-5-11-26(24)21-30(28)42-32)18-33-35(13-7-15-44(36,37)38,14-8-16-45(39,40)41)29-20-25-10-4-6-12-27(25)22-31(29)43-33;/h3-6,9-12,17-22,33-34H,2,7-8,13-16H2,1H3,(H-,36,37,38,39,40,41);1H2. The number of rotatable bonds is 11. The second kappa shape index (κ2) is 13.0. The molecule has 46 heavy (non-hydrogen) atoms. The van der Waals surface area contributed by atoms with Gasteiger partial charge in [-0.1, -0.05) is 55.5 Å². The highest BCUT2D eigenvalue weighted by atomic mass is 32.2. The number of nitrogens with one attached hydrogen (secondary N) is 1. The van der Waals surface area contributed by atoms with E-state index in [-0.39, 0.29) is 35.9 Å². The molecular formula is C33H36N2O9S2. The van der Waals surface area contributed by atoms with E-state index >= 15 is 0 Å². The molecular weight excluding hydrogens is 633 g/mol. The Kier molecular flexibility index (Phi) is 9.45. The van der Waals surface area contributed by atoms with Crippen molar-refractivity contribution in [1.82, 2.24) is 4.48 Å². The van der Waals surface area contributed by atoms with Crippen LogP contribution in [0.1, 0.15) is 26.2 Å². The monoisotopic (exact) mass is 668 g/mol. The number of hydrogen-bond acceptors (Lipinski definition) is 8. The van der Waals surface area contributed by atoms with E-state index in [1.54, 1.807) is 0 Å². The number of nitrogens with zero attached hydrogens (tertiary/aromatic N) is 1. The summed E-state index contributed by atoms with van der Waals surface area (Å²) in [5, 5.41) is 7.39. The lowest BCUT2D eigenvalue weighted by molar-refractivity contribution is 0.105. The van der Waals surface area contributed by atoms with Crippen molar-refractivity contribution in [2.75, 3.05) is 29.9 Å². The maximum atomic E-state index is 11.7. The van der Waals surface area contributed by atoms with E-state index in [9.17, 15) is 25.9 Å². The van der Waals surface area contributed by atoms with Crippen molar-refractivity contribution in [3.8, 4) is 11.5 Å². The Morgan fingerprint density at radius 3 is 1.89 bits per heavy atom. The smallest absolute Gasteiger partial charge is 0.265 e. The molecule has 2 aliphatic heterocycles. The second-order valence-electron chi connectivity index (χ2n) is 11.5. The summed E-state index contributed by atoms with van der Waals surface area (Å²) in [5.74, 6) is 0.947. The number of quaternary nitrogens is 1. The summed E-state index contributed by atoms with van der Waals surface area (Å²) in [6, 6.07) is 23.8. The van der Waals surface area contributed by atoms with Gasteiger partial charge in [-0.2, -0.15) is 16.8 Å². The molecule has 4 N–H and O–H groups in total. The van der Waals surface area contributed by atoms with E-state index in [1.165, 1.54) is 0 Å². The van der Waals surface area contributed by atoms with Crippen molar-refractivity contribution in [3.63, 3.8) is 0 Å². The molecule has 11 nitrogen and oxygen atoms in total. The Morgan fingerprint density at radius 1 is 0.826 bits per heavy atom. The van der Waals surface area contributed by atoms with Gasteiger partial charge in [0, 0.05) is 31.1 Å². The van der Waals surface area contributed by atoms with E-state index in [0.29, 0.717) is 23.8 Å². The molecule has 4 aromatic carbocycles. The number of anilines is 1. The van der Waals surface area contributed by atoms with Gasteiger partial charge in [-0.25, -0.2) is 4.48 Å². The van der Waals surface area contributed by atoms with Gasteiger partial charge >= 0.3 is 0 Å². The first-order valence-electron chi connectivity index (χ1n) is 14.8. The zero-order valence-electron chi connectivity index (χ0n) is 25.2. The molecule has 13 heteroatoms. The first-order chi connectivity index (χ1) is 21.4. The minimum atomic E-state index is -4.24. The third kappa shape index (κ3) is 7.20. The lowest BCUT2D eigenvalue weighted by Gasteiger charge is -2.37. The minimum absolute atomic E-state index is 0. The number of fused-ring (bicyclic) bond motifs is 4. The summed E-state index contributed by atoms with van der Waals surface area (Å²) in [5.41, 5.74) is 2.51. The average molecular weight is 669 g/mol. The van der Waals surface area contributed by atoms with Crippen LogP contribution in [0, 0.1) is 0 Å². The van der Waals surface area contributed by atoms with Crippen molar-refractivity contribution in [2.24, 2.45) is 0 Å². The molecule has 0 saturated carbocycles. The van der Waals surface area contributed by atoms with Crippen LogP contribution < -0.4 is 19.3 Å². The lowest BCUT2D eigenvalue weighted by atomic mass is 10.1. The van der Waals surface area contributed by atoms with Gasteiger partial charge in [0.25, 0.3) is 26.5 Å². The topological polar surface area (TPSA) is 169 Å². The summed E-state index contributed by atoms with van der Waals surface area (Å²) < 4.78 is 78.7. The second-order valence-corrected chi connectivity index (χ2v) is 14.6.